The van der Waals surface area contributed by atoms with Crippen LogP contribution >= 0.6 is 11.6 Å². The van der Waals surface area contributed by atoms with Gasteiger partial charge in [-0.25, -0.2) is 4.79 Å². The molecule has 1 aliphatic heterocycles. The zero-order valence-electron chi connectivity index (χ0n) is 18.4. The number of carbonyl (C=O) groups excluding carboxylic acids is 2. The van der Waals surface area contributed by atoms with Crippen molar-refractivity contribution in [1.82, 2.24) is 15.1 Å². The Balaban J connectivity index is 2.00. The molecule has 0 aromatic heterocycles. The lowest BCUT2D eigenvalue weighted by atomic mass is 10.0. The van der Waals surface area contributed by atoms with Gasteiger partial charge in [-0.05, 0) is 57.2 Å². The number of benzene rings is 1. The monoisotopic (exact) mass is 422 g/mol. The van der Waals surface area contributed by atoms with E-state index in [4.69, 9.17) is 11.6 Å². The van der Waals surface area contributed by atoms with Crippen LogP contribution in [0.4, 0.5) is 10.5 Å². The van der Waals surface area contributed by atoms with Gasteiger partial charge in [-0.1, -0.05) is 31.5 Å². The Morgan fingerprint density at radius 1 is 1.07 bits per heavy atom. The Morgan fingerprint density at radius 2 is 1.79 bits per heavy atom. The first-order valence-electron chi connectivity index (χ1n) is 10.5. The highest BCUT2D eigenvalue weighted by Gasteiger charge is 2.23. The molecular formula is C22H35ClN4O2. The van der Waals surface area contributed by atoms with E-state index < -0.39 is 0 Å². The van der Waals surface area contributed by atoms with Gasteiger partial charge in [0.2, 0.25) is 5.91 Å². The van der Waals surface area contributed by atoms with Gasteiger partial charge in [0.15, 0.2) is 0 Å². The van der Waals surface area contributed by atoms with Crippen molar-refractivity contribution in [2.45, 2.75) is 59.4 Å². The molecular weight excluding hydrogens is 388 g/mol. The van der Waals surface area contributed by atoms with E-state index in [2.05, 4.69) is 22.5 Å². The highest BCUT2D eigenvalue weighted by Crippen LogP contribution is 2.29. The van der Waals surface area contributed by atoms with Gasteiger partial charge >= 0.3 is 6.03 Å². The molecule has 29 heavy (non-hydrogen) atoms. The average molecular weight is 423 g/mol. The molecule has 0 saturated carbocycles. The van der Waals surface area contributed by atoms with Crippen LogP contribution in [-0.4, -0.2) is 60.0 Å². The zero-order valence-corrected chi connectivity index (χ0v) is 19.2. The molecule has 1 aromatic carbocycles. The fraction of sp³-hybridized carbons (Fsp3) is 0.636. The van der Waals surface area contributed by atoms with Crippen LogP contribution in [0.1, 0.15) is 52.2 Å². The molecule has 1 saturated heterocycles. The number of urea groups is 1. The highest BCUT2D eigenvalue weighted by atomic mass is 35.5. The molecule has 162 valence electrons. The molecule has 2 N–H and O–H groups in total. The number of amides is 3. The second-order valence-corrected chi connectivity index (χ2v) is 9.02. The van der Waals surface area contributed by atoms with Crippen molar-refractivity contribution < 1.29 is 9.59 Å². The van der Waals surface area contributed by atoms with Gasteiger partial charge in [0.05, 0.1) is 12.2 Å². The van der Waals surface area contributed by atoms with E-state index in [0.717, 1.165) is 42.6 Å². The number of nitrogens with zero attached hydrogens (tertiary/aromatic N) is 2. The summed E-state index contributed by atoms with van der Waals surface area (Å²) in [7, 11) is 0. The summed E-state index contributed by atoms with van der Waals surface area (Å²) >= 11 is 6.36. The maximum Gasteiger partial charge on any atom is 0.321 e. The second kappa shape index (κ2) is 10.3. The smallest absolute Gasteiger partial charge is 0.321 e. The molecule has 0 spiro atoms. The molecule has 3 amide bonds. The third-order valence-electron chi connectivity index (χ3n) is 5.07. The molecule has 6 nitrogen and oxygen atoms in total. The van der Waals surface area contributed by atoms with E-state index in [1.54, 1.807) is 0 Å². The molecule has 1 fully saturated rings. The first-order chi connectivity index (χ1) is 13.6. The highest BCUT2D eigenvalue weighted by molar-refractivity contribution is 6.32. The Bertz CT molecular complexity index is 730. The summed E-state index contributed by atoms with van der Waals surface area (Å²) in [6, 6.07) is 3.79. The van der Waals surface area contributed by atoms with Gasteiger partial charge in [-0.2, -0.15) is 0 Å². The van der Waals surface area contributed by atoms with Gasteiger partial charge < -0.3 is 15.5 Å². The summed E-state index contributed by atoms with van der Waals surface area (Å²) < 4.78 is 0. The summed E-state index contributed by atoms with van der Waals surface area (Å²) in [4.78, 5) is 29.1. The fourth-order valence-corrected chi connectivity index (χ4v) is 3.94. The van der Waals surface area contributed by atoms with Gasteiger partial charge in [0.1, 0.15) is 0 Å². The Kier molecular flexibility index (Phi) is 8.34. The number of rotatable bonds is 5. The minimum Gasteiger partial charge on any atom is -0.350 e. The number of halogens is 1. The van der Waals surface area contributed by atoms with Crippen molar-refractivity contribution in [2.75, 3.05) is 38.0 Å². The largest absolute Gasteiger partial charge is 0.350 e. The third kappa shape index (κ3) is 6.89. The molecule has 0 unspecified atom stereocenters. The van der Waals surface area contributed by atoms with Crippen LogP contribution in [0.2, 0.25) is 5.02 Å². The SMILES string of the molecule is CCc1ccc(Cl)c(CC)c1NC(=O)N1CCCN(CC(=O)NC(C)(C)C)CC1. The van der Waals surface area contributed by atoms with Crippen LogP contribution in [-0.2, 0) is 17.6 Å². The molecule has 0 atom stereocenters. The molecule has 0 bridgehead atoms. The summed E-state index contributed by atoms with van der Waals surface area (Å²) in [5.74, 6) is 0.0227. The number of carbonyl (C=O) groups is 2. The minimum atomic E-state index is -0.236. The molecule has 0 radical (unpaired) electrons. The number of hydrogen-bond acceptors (Lipinski definition) is 3. The minimum absolute atomic E-state index is 0.0227. The molecule has 1 aromatic rings. The van der Waals surface area contributed by atoms with E-state index in [1.807, 2.05) is 44.7 Å². The lowest BCUT2D eigenvalue weighted by molar-refractivity contribution is -0.123. The van der Waals surface area contributed by atoms with Gasteiger partial charge in [0.25, 0.3) is 0 Å². The van der Waals surface area contributed by atoms with Crippen LogP contribution in [0.3, 0.4) is 0 Å². The summed E-state index contributed by atoms with van der Waals surface area (Å²) in [5.41, 5.74) is 2.68. The molecule has 1 heterocycles. The first-order valence-corrected chi connectivity index (χ1v) is 10.9. The number of anilines is 1. The number of nitrogens with one attached hydrogen (secondary N) is 2. The molecule has 2 rings (SSSR count). The van der Waals surface area contributed by atoms with Crippen molar-refractivity contribution in [1.29, 1.82) is 0 Å². The fourth-order valence-electron chi connectivity index (χ4n) is 3.65. The first kappa shape index (κ1) is 23.5. The molecule has 0 aliphatic carbocycles. The van der Waals surface area contributed by atoms with Gasteiger partial charge in [0, 0.05) is 36.7 Å². The Hall–Kier alpha value is -1.79. The summed E-state index contributed by atoms with van der Waals surface area (Å²) in [6.07, 6.45) is 2.43. The predicted octanol–water partition coefficient (Wildman–Crippen LogP) is 3.92. The van der Waals surface area contributed by atoms with Crippen molar-refractivity contribution in [3.8, 4) is 0 Å². The van der Waals surface area contributed by atoms with E-state index >= 15 is 0 Å². The lowest BCUT2D eigenvalue weighted by Gasteiger charge is -2.25. The maximum atomic E-state index is 13.0. The lowest BCUT2D eigenvalue weighted by Crippen LogP contribution is -2.46. The van der Waals surface area contributed by atoms with E-state index in [0.29, 0.717) is 31.2 Å². The zero-order chi connectivity index (χ0) is 21.6. The quantitative estimate of drug-likeness (QED) is 0.755. The third-order valence-corrected chi connectivity index (χ3v) is 5.42. The van der Waals surface area contributed by atoms with Crippen LogP contribution in [0.25, 0.3) is 0 Å². The van der Waals surface area contributed by atoms with E-state index in [-0.39, 0.29) is 17.5 Å². The average Bonchev–Trinajstić information content (AvgIpc) is 2.86. The summed E-state index contributed by atoms with van der Waals surface area (Å²) in [5, 5.41) is 6.80. The summed E-state index contributed by atoms with van der Waals surface area (Å²) in [6.45, 7) is 13.2. The Morgan fingerprint density at radius 3 is 2.41 bits per heavy atom. The van der Waals surface area contributed by atoms with Crippen LogP contribution in [0, 0.1) is 0 Å². The predicted molar refractivity (Wildman–Crippen MR) is 120 cm³/mol. The van der Waals surface area contributed by atoms with E-state index in [1.165, 1.54) is 0 Å². The van der Waals surface area contributed by atoms with Crippen molar-refractivity contribution in [2.24, 2.45) is 0 Å². The van der Waals surface area contributed by atoms with Gasteiger partial charge in [-0.15, -0.1) is 0 Å². The van der Waals surface area contributed by atoms with Gasteiger partial charge in [-0.3, -0.25) is 9.69 Å². The van der Waals surface area contributed by atoms with Crippen LogP contribution < -0.4 is 10.6 Å². The topological polar surface area (TPSA) is 64.7 Å². The van der Waals surface area contributed by atoms with Crippen molar-refractivity contribution in [3.63, 3.8) is 0 Å². The molecule has 7 heteroatoms. The van der Waals surface area contributed by atoms with Crippen LogP contribution in [0.5, 0.6) is 0 Å². The number of aryl methyl sites for hydroxylation is 1. The normalized spacial score (nSPS) is 15.7. The van der Waals surface area contributed by atoms with Crippen LogP contribution in [0.15, 0.2) is 12.1 Å². The second-order valence-electron chi connectivity index (χ2n) is 8.61. The van der Waals surface area contributed by atoms with Crippen molar-refractivity contribution >= 4 is 29.2 Å². The number of hydrogen-bond donors (Lipinski definition) is 2. The standard InChI is InChI=1S/C22H35ClN4O2/c1-6-16-9-10-18(23)17(7-2)20(16)24-21(29)27-12-8-11-26(13-14-27)15-19(28)25-22(3,4)5/h9-10H,6-8,11-15H2,1-5H3,(H,24,29)(H,25,28). The van der Waals surface area contributed by atoms with E-state index in [9.17, 15) is 9.59 Å². The van der Waals surface area contributed by atoms with Crippen molar-refractivity contribution in [3.05, 3.63) is 28.3 Å². The Labute approximate surface area is 180 Å². The molecule has 1 aliphatic rings. The maximum absolute atomic E-state index is 13.0.